The number of fused-ring (bicyclic) bond motifs is 6. The summed E-state index contributed by atoms with van der Waals surface area (Å²) in [7, 11) is 0. The molecule has 0 N–H and O–H groups in total. The van der Waals surface area contributed by atoms with E-state index in [1.54, 1.807) is 0 Å². The fourth-order valence-corrected chi connectivity index (χ4v) is 11.9. The van der Waals surface area contributed by atoms with Gasteiger partial charge >= 0.3 is 0 Å². The lowest BCUT2D eigenvalue weighted by Crippen LogP contribution is -2.61. The van der Waals surface area contributed by atoms with Crippen molar-refractivity contribution >= 4 is 103 Å². The summed E-state index contributed by atoms with van der Waals surface area (Å²) in [6, 6.07) is 50.1. The van der Waals surface area contributed by atoms with E-state index in [2.05, 4.69) is 245 Å². The molecule has 0 bridgehead atoms. The Hall–Kier alpha value is -7.76. The Kier molecular flexibility index (Phi) is 11.4. The van der Waals surface area contributed by atoms with Gasteiger partial charge in [0.05, 0.1) is 16.9 Å². The molecular formula is C69H68BN3O. The molecule has 0 aliphatic carbocycles. The number of anilines is 6. The Morgan fingerprint density at radius 2 is 1.18 bits per heavy atom. The lowest BCUT2D eigenvalue weighted by Gasteiger charge is -2.46. The van der Waals surface area contributed by atoms with E-state index in [1.165, 1.54) is 55.5 Å². The fourth-order valence-electron chi connectivity index (χ4n) is 11.9. The van der Waals surface area contributed by atoms with Crippen LogP contribution in [0, 0.1) is 13.8 Å². The van der Waals surface area contributed by atoms with E-state index in [9.17, 15) is 0 Å². The Morgan fingerprint density at radius 1 is 0.581 bits per heavy atom. The van der Waals surface area contributed by atoms with Crippen LogP contribution < -0.4 is 36.8 Å². The van der Waals surface area contributed by atoms with Crippen molar-refractivity contribution in [1.82, 2.24) is 4.57 Å². The van der Waals surface area contributed by atoms with E-state index in [4.69, 9.17) is 4.42 Å². The van der Waals surface area contributed by atoms with Crippen molar-refractivity contribution in [2.45, 2.75) is 99.3 Å². The summed E-state index contributed by atoms with van der Waals surface area (Å²) in [5.74, 6) is 0. The Morgan fingerprint density at radius 3 is 1.78 bits per heavy atom. The molecule has 0 amide bonds. The third-order valence-corrected chi connectivity index (χ3v) is 15.7. The summed E-state index contributed by atoms with van der Waals surface area (Å²) in [6.07, 6.45) is 8.36. The summed E-state index contributed by atoms with van der Waals surface area (Å²) in [4.78, 5) is 5.18. The highest BCUT2D eigenvalue weighted by molar-refractivity contribution is 7.00. The third-order valence-electron chi connectivity index (χ3n) is 15.7. The molecule has 0 spiro atoms. The first kappa shape index (κ1) is 48.5. The molecule has 9 aromatic rings. The van der Waals surface area contributed by atoms with Gasteiger partial charge in [-0.05, 0) is 160 Å². The predicted molar refractivity (Wildman–Crippen MR) is 321 cm³/mol. The summed E-state index contributed by atoms with van der Waals surface area (Å²) in [5, 5.41) is 3.06. The maximum atomic E-state index is 6.57. The predicted octanol–water partition coefficient (Wildman–Crippen LogP) is 15.4. The number of aromatic nitrogens is 1. The molecule has 5 heteroatoms. The van der Waals surface area contributed by atoms with Crippen LogP contribution >= 0.6 is 0 Å². The second kappa shape index (κ2) is 17.4. The zero-order chi connectivity index (χ0) is 52.3. The first-order valence-electron chi connectivity index (χ1n) is 26.2. The molecule has 0 atom stereocenters. The van der Waals surface area contributed by atoms with Gasteiger partial charge in [-0.3, -0.25) is 0 Å². The van der Waals surface area contributed by atoms with Gasteiger partial charge in [-0.2, -0.15) is 0 Å². The van der Waals surface area contributed by atoms with Crippen LogP contribution in [-0.4, -0.2) is 11.3 Å². The average Bonchev–Trinajstić information content (AvgIpc) is 3.89. The standard InChI is InChI=1S/C69H68BN3O/c1-16-24-53-54-40-56-60(41-58(54)71(57(53)18-3)49-25-20-19-21-26-49)73(65-42(4)35-45(36-43(65)5)51(17-2)66-44(6)52-27-22-23-28-63(52)74-66)62-39-48(69(13,14)15)38-61-64(62)70(56)55-34-31-47(68(10,11)12)37-59(55)72(61)50-32-29-46(30-33-50)67(7,8)9/h16-41H,2-3,6H2,1,4-5,7-15H3/b24-16-,66-51-. The maximum Gasteiger partial charge on any atom is 0.252 e. The van der Waals surface area contributed by atoms with E-state index >= 15 is 0 Å². The van der Waals surface area contributed by atoms with Crippen molar-refractivity contribution in [2.24, 2.45) is 0 Å². The van der Waals surface area contributed by atoms with Gasteiger partial charge < -0.3 is 18.8 Å². The van der Waals surface area contributed by atoms with Gasteiger partial charge in [0.1, 0.15) is 11.0 Å². The molecule has 11 rings (SSSR count). The molecule has 2 aliphatic rings. The van der Waals surface area contributed by atoms with Crippen LogP contribution in [0.5, 0.6) is 0 Å². The number of hydrogen-bond donors (Lipinski definition) is 0. The van der Waals surface area contributed by atoms with Crippen molar-refractivity contribution in [1.29, 1.82) is 0 Å². The van der Waals surface area contributed by atoms with Crippen LogP contribution in [0.2, 0.25) is 0 Å². The summed E-state index contributed by atoms with van der Waals surface area (Å²) in [5.41, 5.74) is 24.8. The van der Waals surface area contributed by atoms with E-state index in [0.717, 1.165) is 83.4 Å². The minimum absolute atomic E-state index is 0.0116. The number of hydrogen-bond acceptors (Lipinski definition) is 3. The molecule has 0 saturated carbocycles. The molecular weight excluding hydrogens is 898 g/mol. The summed E-state index contributed by atoms with van der Waals surface area (Å²) in [6.45, 7) is 40.8. The van der Waals surface area contributed by atoms with Crippen LogP contribution in [0.4, 0.5) is 34.1 Å². The minimum Gasteiger partial charge on any atom is -0.455 e. The molecule has 74 heavy (non-hydrogen) atoms. The highest BCUT2D eigenvalue weighted by Gasteiger charge is 2.45. The van der Waals surface area contributed by atoms with Gasteiger partial charge in [-0.25, -0.2) is 0 Å². The van der Waals surface area contributed by atoms with Crippen molar-refractivity contribution in [3.63, 3.8) is 0 Å². The molecule has 368 valence electrons. The third kappa shape index (κ3) is 7.65. The van der Waals surface area contributed by atoms with E-state index in [0.29, 0.717) is 0 Å². The number of rotatable bonds is 7. The monoisotopic (exact) mass is 966 g/mol. The summed E-state index contributed by atoms with van der Waals surface area (Å²) >= 11 is 0. The highest BCUT2D eigenvalue weighted by atomic mass is 16.3. The molecule has 0 unspecified atom stereocenters. The van der Waals surface area contributed by atoms with Crippen LogP contribution in [0.15, 0.2) is 163 Å². The van der Waals surface area contributed by atoms with Crippen LogP contribution in [-0.2, 0) is 16.2 Å². The minimum atomic E-state index is -0.186. The lowest BCUT2D eigenvalue weighted by atomic mass is 9.33. The van der Waals surface area contributed by atoms with Gasteiger partial charge in [0.15, 0.2) is 0 Å². The van der Waals surface area contributed by atoms with Crippen molar-refractivity contribution in [3.05, 3.63) is 214 Å². The number of furan rings is 1. The Balaban J connectivity index is 1.29. The Bertz CT molecular complexity index is 3910. The van der Waals surface area contributed by atoms with E-state index in [-0.39, 0.29) is 23.0 Å². The quantitative estimate of drug-likeness (QED) is 0.149. The normalized spacial score (nSPS) is 13.9. The number of nitrogens with zero attached hydrogens (tertiary/aromatic N) is 3. The summed E-state index contributed by atoms with van der Waals surface area (Å²) < 4.78 is 8.96. The molecule has 2 aliphatic heterocycles. The number of benzene rings is 7. The van der Waals surface area contributed by atoms with Crippen LogP contribution in [0.1, 0.15) is 114 Å². The molecule has 7 aromatic carbocycles. The smallest absolute Gasteiger partial charge is 0.252 e. The highest BCUT2D eigenvalue weighted by Crippen LogP contribution is 2.49. The van der Waals surface area contributed by atoms with Crippen LogP contribution in [0.3, 0.4) is 0 Å². The van der Waals surface area contributed by atoms with Gasteiger partial charge in [0.25, 0.3) is 6.71 Å². The van der Waals surface area contributed by atoms with Gasteiger partial charge in [-0.15, -0.1) is 0 Å². The zero-order valence-electron chi connectivity index (χ0n) is 45.5. The molecule has 0 fully saturated rings. The lowest BCUT2D eigenvalue weighted by molar-refractivity contribution is 0.573. The molecule has 0 saturated heterocycles. The maximum absolute atomic E-state index is 6.57. The number of para-hydroxylation sites is 2. The topological polar surface area (TPSA) is 24.6 Å². The van der Waals surface area contributed by atoms with Crippen molar-refractivity contribution < 1.29 is 4.42 Å². The number of allylic oxidation sites excluding steroid dienone is 2. The molecule has 4 heterocycles. The van der Waals surface area contributed by atoms with Gasteiger partial charge in [0, 0.05) is 61.3 Å². The molecule has 2 aromatic heterocycles. The SMILES string of the molecule is C=C/C(c1cc(C)c(N2c3cc4c(cc3B3c5ccc(C(C)(C)C)cc5N(c5ccc(C(C)(C)C)cc5)c5cc(C(C)(C)C)cc2c53)c(/C=C\C)c(C=C)n4-c2ccccc2)c(C)c1)=c1/oc2ccccc2c1=C. The first-order chi connectivity index (χ1) is 35.2. The molecule has 4 nitrogen and oxygen atoms in total. The number of aryl methyl sites for hydroxylation is 2. The fraction of sp³-hybridized carbons (Fsp3) is 0.217. The second-order valence-corrected chi connectivity index (χ2v) is 23.7. The second-order valence-electron chi connectivity index (χ2n) is 23.7. The molecule has 0 radical (unpaired) electrons. The van der Waals surface area contributed by atoms with Crippen molar-refractivity contribution in [2.75, 3.05) is 9.80 Å². The zero-order valence-corrected chi connectivity index (χ0v) is 45.5. The largest absolute Gasteiger partial charge is 0.455 e. The first-order valence-corrected chi connectivity index (χ1v) is 26.2. The van der Waals surface area contributed by atoms with E-state index < -0.39 is 0 Å². The van der Waals surface area contributed by atoms with Crippen LogP contribution in [0.25, 0.3) is 51.9 Å². The van der Waals surface area contributed by atoms with Gasteiger partial charge in [0.2, 0.25) is 0 Å². The van der Waals surface area contributed by atoms with E-state index in [1.807, 2.05) is 30.4 Å². The Labute approximate surface area is 439 Å². The van der Waals surface area contributed by atoms with Gasteiger partial charge in [-0.1, -0.05) is 167 Å². The van der Waals surface area contributed by atoms with Crippen molar-refractivity contribution in [3.8, 4) is 5.69 Å². The average molecular weight is 966 g/mol.